The molecule has 4 heteroatoms. The maximum Gasteiger partial charge on any atom is 0.261 e. The van der Waals surface area contributed by atoms with Crippen LogP contribution >= 0.6 is 0 Å². The van der Waals surface area contributed by atoms with Gasteiger partial charge in [-0.15, -0.1) is 0 Å². The highest BCUT2D eigenvalue weighted by molar-refractivity contribution is 5.81. The maximum absolute atomic E-state index is 12.9. The minimum atomic E-state index is -0.658. The van der Waals surface area contributed by atoms with Crippen LogP contribution in [-0.2, 0) is 4.79 Å². The fourth-order valence-corrected chi connectivity index (χ4v) is 2.22. The molecule has 2 rings (SSSR count). The Morgan fingerprint density at radius 1 is 1.04 bits per heavy atom. The Morgan fingerprint density at radius 2 is 1.70 bits per heavy atom. The molecule has 0 saturated carbocycles. The van der Waals surface area contributed by atoms with Crippen LogP contribution in [0.1, 0.15) is 36.6 Å². The van der Waals surface area contributed by atoms with E-state index in [-0.39, 0.29) is 17.8 Å². The number of hydrogen-bond donors (Lipinski definition) is 1. The Hall–Kier alpha value is -2.36. The molecular weight excluding hydrogens is 293 g/mol. The second-order valence-corrected chi connectivity index (χ2v) is 5.79. The van der Waals surface area contributed by atoms with Crippen LogP contribution < -0.4 is 10.1 Å². The van der Waals surface area contributed by atoms with Gasteiger partial charge < -0.3 is 10.1 Å². The third kappa shape index (κ3) is 4.55. The average Bonchev–Trinajstić information content (AvgIpc) is 2.52. The van der Waals surface area contributed by atoms with Crippen LogP contribution in [0.4, 0.5) is 4.39 Å². The van der Waals surface area contributed by atoms with E-state index in [0.717, 1.165) is 5.56 Å². The van der Waals surface area contributed by atoms with Crippen LogP contribution in [-0.4, -0.2) is 12.0 Å². The number of carbonyl (C=O) groups is 1. The van der Waals surface area contributed by atoms with Crippen LogP contribution in [0, 0.1) is 19.7 Å². The van der Waals surface area contributed by atoms with Gasteiger partial charge in [0.05, 0.1) is 6.04 Å². The second kappa shape index (κ2) is 7.27. The third-order valence-corrected chi connectivity index (χ3v) is 3.89. The number of halogens is 1. The number of carbonyl (C=O) groups excluding carboxylic acids is 1. The zero-order chi connectivity index (χ0) is 17.0. The summed E-state index contributed by atoms with van der Waals surface area (Å²) in [4.78, 5) is 12.2. The van der Waals surface area contributed by atoms with E-state index in [2.05, 4.69) is 18.3 Å². The van der Waals surface area contributed by atoms with Crippen molar-refractivity contribution in [3.8, 4) is 5.75 Å². The highest BCUT2D eigenvalue weighted by atomic mass is 19.1. The molecule has 2 atom stereocenters. The van der Waals surface area contributed by atoms with Gasteiger partial charge in [-0.1, -0.05) is 18.2 Å². The molecule has 0 aliphatic carbocycles. The first-order chi connectivity index (χ1) is 10.9. The molecule has 2 aromatic rings. The van der Waals surface area contributed by atoms with Crippen LogP contribution in [0.25, 0.3) is 0 Å². The maximum atomic E-state index is 12.9. The van der Waals surface area contributed by atoms with E-state index >= 15 is 0 Å². The first-order valence-corrected chi connectivity index (χ1v) is 7.66. The van der Waals surface area contributed by atoms with Crippen LogP contribution in [0.3, 0.4) is 0 Å². The first kappa shape index (κ1) is 17.0. The molecule has 2 aromatic carbocycles. The molecule has 0 bridgehead atoms. The Kier molecular flexibility index (Phi) is 5.37. The molecular formula is C19H22FNO2. The van der Waals surface area contributed by atoms with Crippen LogP contribution in [0.2, 0.25) is 0 Å². The molecule has 0 aliphatic heterocycles. The Morgan fingerprint density at radius 3 is 2.30 bits per heavy atom. The van der Waals surface area contributed by atoms with Gasteiger partial charge in [-0.3, -0.25) is 4.79 Å². The summed E-state index contributed by atoms with van der Waals surface area (Å²) in [5.74, 6) is -0.0780. The van der Waals surface area contributed by atoms with Crippen molar-refractivity contribution in [1.82, 2.24) is 5.32 Å². The first-order valence-electron chi connectivity index (χ1n) is 7.66. The highest BCUT2D eigenvalue weighted by Crippen LogP contribution is 2.18. The molecule has 1 N–H and O–H groups in total. The lowest BCUT2D eigenvalue weighted by Crippen LogP contribution is -2.37. The SMILES string of the molecule is Cc1ccc([C@@H](C)NC(=O)[C@H](C)Oc2ccc(F)cc2)cc1C. The minimum Gasteiger partial charge on any atom is -0.481 e. The number of amides is 1. The van der Waals surface area contributed by atoms with E-state index in [9.17, 15) is 9.18 Å². The van der Waals surface area contributed by atoms with Gasteiger partial charge in [0.1, 0.15) is 11.6 Å². The summed E-state index contributed by atoms with van der Waals surface area (Å²) >= 11 is 0. The Balaban J connectivity index is 1.96. The predicted molar refractivity (Wildman–Crippen MR) is 89.0 cm³/mol. The van der Waals surface area contributed by atoms with Gasteiger partial charge in [-0.25, -0.2) is 4.39 Å². The second-order valence-electron chi connectivity index (χ2n) is 5.79. The number of ether oxygens (including phenoxy) is 1. The van der Waals surface area contributed by atoms with Crippen molar-refractivity contribution in [1.29, 1.82) is 0 Å². The monoisotopic (exact) mass is 315 g/mol. The number of benzene rings is 2. The molecule has 0 heterocycles. The molecule has 0 fully saturated rings. The predicted octanol–water partition coefficient (Wildman–Crippen LogP) is 4.09. The summed E-state index contributed by atoms with van der Waals surface area (Å²) in [5, 5.41) is 2.94. The Labute approximate surface area is 136 Å². The lowest BCUT2D eigenvalue weighted by molar-refractivity contribution is -0.127. The smallest absolute Gasteiger partial charge is 0.261 e. The summed E-state index contributed by atoms with van der Waals surface area (Å²) in [5.41, 5.74) is 3.47. The van der Waals surface area contributed by atoms with E-state index in [1.807, 2.05) is 26.0 Å². The molecule has 0 radical (unpaired) electrons. The van der Waals surface area contributed by atoms with E-state index < -0.39 is 6.10 Å². The van der Waals surface area contributed by atoms with Gasteiger partial charge in [0.25, 0.3) is 5.91 Å². The fourth-order valence-electron chi connectivity index (χ4n) is 2.22. The normalized spacial score (nSPS) is 13.3. The van der Waals surface area contributed by atoms with Crippen molar-refractivity contribution in [2.75, 3.05) is 0 Å². The van der Waals surface area contributed by atoms with Crippen LogP contribution in [0.5, 0.6) is 5.75 Å². The fraction of sp³-hybridized carbons (Fsp3) is 0.316. The zero-order valence-corrected chi connectivity index (χ0v) is 13.9. The largest absolute Gasteiger partial charge is 0.481 e. The van der Waals surface area contributed by atoms with Crippen molar-refractivity contribution in [3.63, 3.8) is 0 Å². The topological polar surface area (TPSA) is 38.3 Å². The van der Waals surface area contributed by atoms with E-state index in [4.69, 9.17) is 4.74 Å². The molecule has 3 nitrogen and oxygen atoms in total. The summed E-state index contributed by atoms with van der Waals surface area (Å²) in [6, 6.07) is 11.6. The number of hydrogen-bond acceptors (Lipinski definition) is 2. The van der Waals surface area contributed by atoms with Crippen LogP contribution in [0.15, 0.2) is 42.5 Å². The molecule has 0 spiro atoms. The molecule has 0 saturated heterocycles. The van der Waals surface area contributed by atoms with E-state index in [1.165, 1.54) is 35.4 Å². The van der Waals surface area contributed by atoms with Gasteiger partial charge in [0.15, 0.2) is 6.10 Å². The average molecular weight is 315 g/mol. The lowest BCUT2D eigenvalue weighted by Gasteiger charge is -2.19. The molecule has 0 aromatic heterocycles. The molecule has 0 unspecified atom stereocenters. The summed E-state index contributed by atoms with van der Waals surface area (Å²) in [6.07, 6.45) is -0.658. The zero-order valence-electron chi connectivity index (χ0n) is 13.9. The van der Waals surface area contributed by atoms with Crippen molar-refractivity contribution in [3.05, 3.63) is 65.0 Å². The minimum absolute atomic E-state index is 0.110. The molecule has 1 amide bonds. The Bertz CT molecular complexity index is 682. The van der Waals surface area contributed by atoms with Gasteiger partial charge in [-0.05, 0) is 68.7 Å². The van der Waals surface area contributed by atoms with Gasteiger partial charge in [-0.2, -0.15) is 0 Å². The van der Waals surface area contributed by atoms with Gasteiger partial charge in [0.2, 0.25) is 0 Å². The highest BCUT2D eigenvalue weighted by Gasteiger charge is 2.18. The molecule has 0 aliphatic rings. The van der Waals surface area contributed by atoms with E-state index in [1.54, 1.807) is 6.92 Å². The number of aryl methyl sites for hydroxylation is 2. The number of nitrogens with one attached hydrogen (secondary N) is 1. The quantitative estimate of drug-likeness (QED) is 0.902. The van der Waals surface area contributed by atoms with Gasteiger partial charge >= 0.3 is 0 Å². The summed E-state index contributed by atoms with van der Waals surface area (Å²) in [7, 11) is 0. The van der Waals surface area contributed by atoms with E-state index in [0.29, 0.717) is 5.75 Å². The van der Waals surface area contributed by atoms with Crippen molar-refractivity contribution in [2.24, 2.45) is 0 Å². The standard InChI is InChI=1S/C19H22FNO2/c1-12-5-6-16(11-13(12)2)14(3)21-19(22)15(4)23-18-9-7-17(20)8-10-18/h5-11,14-15H,1-4H3,(H,21,22)/t14-,15+/m1/s1. The summed E-state index contributed by atoms with van der Waals surface area (Å²) < 4.78 is 18.4. The van der Waals surface area contributed by atoms with Crippen molar-refractivity contribution >= 4 is 5.91 Å². The molecule has 23 heavy (non-hydrogen) atoms. The third-order valence-electron chi connectivity index (χ3n) is 3.89. The van der Waals surface area contributed by atoms with Crippen molar-refractivity contribution < 1.29 is 13.9 Å². The van der Waals surface area contributed by atoms with Gasteiger partial charge in [0, 0.05) is 0 Å². The van der Waals surface area contributed by atoms with Crippen molar-refractivity contribution in [2.45, 2.75) is 39.8 Å². The number of rotatable bonds is 5. The lowest BCUT2D eigenvalue weighted by atomic mass is 10.0. The molecule has 122 valence electrons. The summed E-state index contributed by atoms with van der Waals surface area (Å²) in [6.45, 7) is 7.72.